The Morgan fingerprint density at radius 2 is 1.94 bits per heavy atom. The van der Waals surface area contributed by atoms with Gasteiger partial charge in [0.15, 0.2) is 0 Å². The molecule has 2 N–H and O–H groups in total. The summed E-state index contributed by atoms with van der Waals surface area (Å²) >= 11 is 3.32. The zero-order valence-corrected chi connectivity index (χ0v) is 17.3. The van der Waals surface area contributed by atoms with Crippen LogP contribution in [0.4, 0.5) is 10.3 Å². The van der Waals surface area contributed by atoms with Gasteiger partial charge in [0.05, 0.1) is 22.9 Å². The normalized spacial score (nSPS) is 18.3. The van der Waals surface area contributed by atoms with Gasteiger partial charge in [-0.05, 0) is 42.5 Å². The van der Waals surface area contributed by atoms with Crippen LogP contribution in [0.2, 0.25) is 0 Å². The highest BCUT2D eigenvalue weighted by atomic mass is 79.9. The number of ketones is 1. The Bertz CT molecular complexity index is 1360. The molecule has 5 rings (SSSR count). The minimum atomic E-state index is -1.05. The minimum Gasteiger partial charge on any atom is -0.507 e. The van der Waals surface area contributed by atoms with Crippen LogP contribution in [0.5, 0.6) is 0 Å². The summed E-state index contributed by atoms with van der Waals surface area (Å²) < 4.78 is 19.9. The zero-order chi connectivity index (χ0) is 21.7. The molecule has 2 aromatic carbocycles. The number of Topliss-reactive ketones (excluding diaryl/α,β-unsaturated/α-hetero) is 1. The first-order chi connectivity index (χ1) is 14.9. The standard InChI is InChI=1S/C22H13BrFN3O4/c23-12-5-3-11(4-6-12)19(28)17-18(16-2-1-9-31-16)27(21(30)20(17)29)22-25-14-8-7-13(24)10-15(14)26-22/h1-10,18,28H,(H,25,26)/b19-17+. The Balaban J connectivity index is 1.71. The molecule has 154 valence electrons. The summed E-state index contributed by atoms with van der Waals surface area (Å²) in [6, 6.07) is 12.8. The van der Waals surface area contributed by atoms with Crippen molar-refractivity contribution >= 4 is 50.4 Å². The molecule has 0 spiro atoms. The first-order valence-corrected chi connectivity index (χ1v) is 9.99. The van der Waals surface area contributed by atoms with Crippen molar-refractivity contribution in [1.82, 2.24) is 9.97 Å². The van der Waals surface area contributed by atoms with Gasteiger partial charge in [0, 0.05) is 10.0 Å². The molecule has 0 bridgehead atoms. The van der Waals surface area contributed by atoms with Crippen LogP contribution < -0.4 is 4.90 Å². The summed E-state index contributed by atoms with van der Waals surface area (Å²) in [6.45, 7) is 0. The van der Waals surface area contributed by atoms with E-state index in [-0.39, 0.29) is 23.0 Å². The molecule has 7 nitrogen and oxygen atoms in total. The predicted octanol–water partition coefficient (Wildman–Crippen LogP) is 4.68. The van der Waals surface area contributed by atoms with Crippen LogP contribution >= 0.6 is 15.9 Å². The molecule has 1 fully saturated rings. The van der Waals surface area contributed by atoms with Crippen LogP contribution in [0.15, 0.2) is 75.3 Å². The number of anilines is 1. The number of benzene rings is 2. The van der Waals surface area contributed by atoms with Gasteiger partial charge in [-0.2, -0.15) is 0 Å². The minimum absolute atomic E-state index is 0.0407. The van der Waals surface area contributed by atoms with Crippen LogP contribution in [0, 0.1) is 5.82 Å². The molecule has 1 aliphatic heterocycles. The van der Waals surface area contributed by atoms with E-state index in [1.165, 1.54) is 24.5 Å². The van der Waals surface area contributed by atoms with Gasteiger partial charge in [-0.3, -0.25) is 14.5 Å². The third-order valence-corrected chi connectivity index (χ3v) is 5.56. The van der Waals surface area contributed by atoms with Gasteiger partial charge in [-0.1, -0.05) is 28.1 Å². The fraction of sp³-hybridized carbons (Fsp3) is 0.0455. The number of carbonyl (C=O) groups is 2. The number of imidazole rings is 1. The Hall–Kier alpha value is -3.72. The van der Waals surface area contributed by atoms with Crippen molar-refractivity contribution in [2.75, 3.05) is 4.90 Å². The number of H-pyrrole nitrogens is 1. The summed E-state index contributed by atoms with van der Waals surface area (Å²) in [4.78, 5) is 34.3. The number of fused-ring (bicyclic) bond motifs is 1. The second-order valence-electron chi connectivity index (χ2n) is 6.91. The predicted molar refractivity (Wildman–Crippen MR) is 114 cm³/mol. The molecule has 0 aliphatic carbocycles. The molecule has 1 unspecified atom stereocenters. The number of aliphatic hydroxyl groups is 1. The number of nitrogens with zero attached hydrogens (tertiary/aromatic N) is 2. The quantitative estimate of drug-likeness (QED) is 0.251. The van der Waals surface area contributed by atoms with Gasteiger partial charge in [0.2, 0.25) is 5.95 Å². The zero-order valence-electron chi connectivity index (χ0n) is 15.7. The molecule has 0 saturated carbocycles. The maximum atomic E-state index is 13.6. The van der Waals surface area contributed by atoms with E-state index in [1.807, 2.05) is 0 Å². The smallest absolute Gasteiger partial charge is 0.302 e. The summed E-state index contributed by atoms with van der Waals surface area (Å²) in [6.07, 6.45) is 1.41. The second kappa shape index (κ2) is 7.21. The molecule has 1 amide bonds. The van der Waals surface area contributed by atoms with E-state index in [0.717, 1.165) is 9.37 Å². The molecule has 9 heteroatoms. The van der Waals surface area contributed by atoms with E-state index < -0.39 is 23.5 Å². The van der Waals surface area contributed by atoms with Crippen molar-refractivity contribution in [2.24, 2.45) is 0 Å². The van der Waals surface area contributed by atoms with E-state index in [9.17, 15) is 19.1 Å². The number of aliphatic hydroxyl groups excluding tert-OH is 1. The van der Waals surface area contributed by atoms with Crippen LogP contribution in [-0.2, 0) is 9.59 Å². The Kier molecular flexibility index (Phi) is 4.48. The van der Waals surface area contributed by atoms with Crippen molar-refractivity contribution in [3.63, 3.8) is 0 Å². The van der Waals surface area contributed by atoms with Gasteiger partial charge < -0.3 is 14.5 Å². The summed E-state index contributed by atoms with van der Waals surface area (Å²) in [5, 5.41) is 11.0. The largest absolute Gasteiger partial charge is 0.507 e. The van der Waals surface area contributed by atoms with Crippen LogP contribution in [0.3, 0.4) is 0 Å². The molecule has 3 heterocycles. The molecular formula is C22H13BrFN3O4. The topological polar surface area (TPSA) is 99.4 Å². The van der Waals surface area contributed by atoms with Gasteiger partial charge in [-0.25, -0.2) is 9.37 Å². The number of halogens is 2. The molecule has 31 heavy (non-hydrogen) atoms. The molecule has 4 aromatic rings. The van der Waals surface area contributed by atoms with Crippen LogP contribution in [-0.4, -0.2) is 26.8 Å². The Morgan fingerprint density at radius 3 is 2.65 bits per heavy atom. The van der Waals surface area contributed by atoms with E-state index >= 15 is 0 Å². The van der Waals surface area contributed by atoms with E-state index in [1.54, 1.807) is 36.4 Å². The average molecular weight is 482 g/mol. The number of carbonyl (C=O) groups excluding carboxylic acids is 2. The number of rotatable bonds is 3. The lowest BCUT2D eigenvalue weighted by Gasteiger charge is -2.20. The number of aromatic amines is 1. The van der Waals surface area contributed by atoms with Crippen molar-refractivity contribution in [1.29, 1.82) is 0 Å². The van der Waals surface area contributed by atoms with Crippen molar-refractivity contribution in [2.45, 2.75) is 6.04 Å². The fourth-order valence-electron chi connectivity index (χ4n) is 3.61. The van der Waals surface area contributed by atoms with Gasteiger partial charge in [0.1, 0.15) is 23.4 Å². The first kappa shape index (κ1) is 19.3. The molecule has 0 radical (unpaired) electrons. The van der Waals surface area contributed by atoms with Gasteiger partial charge >= 0.3 is 5.91 Å². The van der Waals surface area contributed by atoms with Gasteiger partial charge in [0.25, 0.3) is 5.78 Å². The fourth-order valence-corrected chi connectivity index (χ4v) is 3.88. The summed E-state index contributed by atoms with van der Waals surface area (Å²) in [5.41, 5.74) is 1.02. The maximum Gasteiger partial charge on any atom is 0.302 e. The number of amides is 1. The van der Waals surface area contributed by atoms with Crippen LogP contribution in [0.1, 0.15) is 17.4 Å². The van der Waals surface area contributed by atoms with Crippen LogP contribution in [0.25, 0.3) is 16.8 Å². The Labute approximate surface area is 182 Å². The Morgan fingerprint density at radius 1 is 1.16 bits per heavy atom. The first-order valence-electron chi connectivity index (χ1n) is 9.19. The number of aromatic nitrogens is 2. The number of furan rings is 1. The van der Waals surface area contributed by atoms with E-state index in [4.69, 9.17) is 4.42 Å². The van der Waals surface area contributed by atoms with Crippen molar-refractivity contribution in [3.8, 4) is 0 Å². The third-order valence-electron chi connectivity index (χ3n) is 5.03. The molecule has 1 saturated heterocycles. The number of nitrogens with one attached hydrogen (secondary N) is 1. The van der Waals surface area contributed by atoms with Gasteiger partial charge in [-0.15, -0.1) is 0 Å². The molecular weight excluding hydrogens is 469 g/mol. The second-order valence-corrected chi connectivity index (χ2v) is 7.83. The molecule has 2 aromatic heterocycles. The SMILES string of the molecule is O=C1C(=O)N(c2nc3ccc(F)cc3[nH]2)C(c2ccco2)/C1=C(\O)c1ccc(Br)cc1. The highest BCUT2D eigenvalue weighted by Gasteiger charge is 2.49. The van der Waals surface area contributed by atoms with Crippen molar-refractivity contribution in [3.05, 3.63) is 88.0 Å². The van der Waals surface area contributed by atoms with Crippen molar-refractivity contribution < 1.29 is 23.5 Å². The highest BCUT2D eigenvalue weighted by Crippen LogP contribution is 2.41. The summed E-state index contributed by atoms with van der Waals surface area (Å²) in [7, 11) is 0. The number of hydrogen-bond donors (Lipinski definition) is 2. The third kappa shape index (κ3) is 3.14. The highest BCUT2D eigenvalue weighted by molar-refractivity contribution is 9.10. The summed E-state index contributed by atoms with van der Waals surface area (Å²) in [5.74, 6) is -2.27. The van der Waals surface area contributed by atoms with E-state index in [0.29, 0.717) is 16.6 Å². The molecule has 1 aliphatic rings. The average Bonchev–Trinajstić information content (AvgIpc) is 3.47. The van der Waals surface area contributed by atoms with E-state index in [2.05, 4.69) is 25.9 Å². The lowest BCUT2D eigenvalue weighted by atomic mass is 9.99. The molecule has 1 atom stereocenters. The maximum absolute atomic E-state index is 13.6. The monoisotopic (exact) mass is 481 g/mol. The lowest BCUT2D eigenvalue weighted by Crippen LogP contribution is -2.30. The lowest BCUT2D eigenvalue weighted by molar-refractivity contribution is -0.132. The number of hydrogen-bond acceptors (Lipinski definition) is 5.